The van der Waals surface area contributed by atoms with Gasteiger partial charge in [0.25, 0.3) is 0 Å². The molecule has 1 saturated heterocycles. The smallest absolute Gasteiger partial charge is 0.305 e. The van der Waals surface area contributed by atoms with Gasteiger partial charge in [0.1, 0.15) is 0 Å². The van der Waals surface area contributed by atoms with E-state index in [2.05, 4.69) is 39.6 Å². The number of para-hydroxylation sites is 1. The zero-order valence-electron chi connectivity index (χ0n) is 17.1. The number of nitrogens with zero attached hydrogens (tertiary/aromatic N) is 1. The number of quaternary nitrogens is 1. The first-order chi connectivity index (χ1) is 13.5. The van der Waals surface area contributed by atoms with Crippen LogP contribution in [0.25, 0.3) is 10.9 Å². The van der Waals surface area contributed by atoms with E-state index >= 15 is 0 Å². The van der Waals surface area contributed by atoms with Crippen molar-refractivity contribution in [3.63, 3.8) is 0 Å². The van der Waals surface area contributed by atoms with Crippen LogP contribution in [0.15, 0.2) is 30.5 Å². The van der Waals surface area contributed by atoms with E-state index in [0.717, 1.165) is 12.5 Å². The number of aromatic nitrogens is 1. The topological polar surface area (TPSA) is 87.9 Å². The maximum atomic E-state index is 12.2. The summed E-state index contributed by atoms with van der Waals surface area (Å²) in [5.41, 5.74) is 2.42. The predicted octanol–water partition coefficient (Wildman–Crippen LogP) is -1.08. The molecule has 1 aromatic heterocycles. The van der Waals surface area contributed by atoms with Crippen LogP contribution in [-0.2, 0) is 22.6 Å². The summed E-state index contributed by atoms with van der Waals surface area (Å²) in [4.78, 5) is 22.9. The lowest BCUT2D eigenvalue weighted by molar-refractivity contribution is -0.664. The molecule has 1 fully saturated rings. The number of hydrogen-bond acceptors (Lipinski definition) is 2. The molecule has 1 atom stereocenters. The van der Waals surface area contributed by atoms with Crippen LogP contribution >= 0.6 is 0 Å². The van der Waals surface area contributed by atoms with Crippen LogP contribution in [0.3, 0.4) is 0 Å². The molecule has 1 aromatic carbocycles. The Morgan fingerprint density at radius 3 is 2.72 bits per heavy atom. The summed E-state index contributed by atoms with van der Waals surface area (Å²) in [5.74, 6) is -0.174. The number of carbonyl (C=O) groups excluding carboxylic acids is 1. The van der Waals surface area contributed by atoms with Gasteiger partial charge in [0, 0.05) is 36.1 Å². The maximum absolute atomic E-state index is 12.2. The minimum Gasteiger partial charge on any atom is -1.00 e. The third-order valence-electron chi connectivity index (χ3n) is 5.72. The first-order valence-electron chi connectivity index (χ1n) is 10.4. The van der Waals surface area contributed by atoms with Gasteiger partial charge in [-0.1, -0.05) is 18.2 Å². The summed E-state index contributed by atoms with van der Waals surface area (Å²) in [6, 6.07) is 8.05. The van der Waals surface area contributed by atoms with E-state index in [1.54, 1.807) is 6.92 Å². The standard InChI is InChI=1S/C22H31N3O3.ClH/c1-16(14-22(27)28)24-21(26)7-6-18-15-25(20-5-3-2-4-19(18)20)13-10-17-8-11-23-12-9-17;/h2-5,15-17,23H,6-14H2,1H3,(H,24,26)(H,27,28);1H. The third-order valence-corrected chi connectivity index (χ3v) is 5.72. The Morgan fingerprint density at radius 1 is 1.28 bits per heavy atom. The van der Waals surface area contributed by atoms with Crippen molar-refractivity contribution in [2.75, 3.05) is 13.1 Å². The Hall–Kier alpha value is -2.05. The molecule has 1 aliphatic heterocycles. The highest BCUT2D eigenvalue weighted by atomic mass is 35.5. The van der Waals surface area contributed by atoms with E-state index in [-0.39, 0.29) is 30.8 Å². The minimum absolute atomic E-state index is 0. The van der Waals surface area contributed by atoms with Crippen molar-refractivity contribution < 1.29 is 32.4 Å². The summed E-state index contributed by atoms with van der Waals surface area (Å²) < 4.78 is 2.34. The van der Waals surface area contributed by atoms with E-state index in [0.29, 0.717) is 12.8 Å². The molecule has 0 radical (unpaired) electrons. The van der Waals surface area contributed by atoms with E-state index in [9.17, 15) is 9.59 Å². The van der Waals surface area contributed by atoms with Crippen LogP contribution < -0.4 is 23.0 Å². The molecule has 3 rings (SSSR count). The van der Waals surface area contributed by atoms with E-state index < -0.39 is 5.97 Å². The van der Waals surface area contributed by atoms with Crippen molar-refractivity contribution in [3.05, 3.63) is 36.0 Å². The van der Waals surface area contributed by atoms with Gasteiger partial charge in [-0.05, 0) is 50.2 Å². The number of halogens is 1. The van der Waals surface area contributed by atoms with Gasteiger partial charge in [-0.3, -0.25) is 9.59 Å². The monoisotopic (exact) mass is 421 g/mol. The molecule has 4 N–H and O–H groups in total. The van der Waals surface area contributed by atoms with Crippen LogP contribution in [0.4, 0.5) is 0 Å². The third kappa shape index (κ3) is 6.75. The lowest BCUT2D eigenvalue weighted by atomic mass is 9.95. The van der Waals surface area contributed by atoms with Crippen LogP contribution in [0.1, 0.15) is 44.6 Å². The van der Waals surface area contributed by atoms with Crippen molar-refractivity contribution >= 4 is 22.8 Å². The number of piperidine rings is 1. The van der Waals surface area contributed by atoms with E-state index in [4.69, 9.17) is 5.11 Å². The SMILES string of the molecule is CC(CC(=O)O)NC(=O)CCc1cn(CCC2CC[NH2+]CC2)c2ccccc12.[Cl-]. The number of nitrogens with one attached hydrogen (secondary N) is 1. The lowest BCUT2D eigenvalue weighted by Crippen LogP contribution is -3.00. The average molecular weight is 422 g/mol. The fourth-order valence-electron chi connectivity index (χ4n) is 4.22. The maximum Gasteiger partial charge on any atom is 0.305 e. The van der Waals surface area contributed by atoms with Gasteiger partial charge in [-0.15, -0.1) is 0 Å². The number of rotatable bonds is 9. The quantitative estimate of drug-likeness (QED) is 0.481. The first kappa shape index (κ1) is 23.2. The molecule has 1 unspecified atom stereocenters. The van der Waals surface area contributed by atoms with Gasteiger partial charge in [-0.2, -0.15) is 0 Å². The molecule has 0 saturated carbocycles. The van der Waals surface area contributed by atoms with Gasteiger partial charge < -0.3 is 32.7 Å². The number of hydrogen-bond donors (Lipinski definition) is 3. The van der Waals surface area contributed by atoms with E-state index in [1.807, 2.05) is 6.07 Å². The molecule has 160 valence electrons. The molecule has 6 nitrogen and oxygen atoms in total. The molecule has 7 heteroatoms. The fourth-order valence-corrected chi connectivity index (χ4v) is 4.22. The van der Waals surface area contributed by atoms with Crippen molar-refractivity contribution in [2.45, 2.75) is 58.0 Å². The molecular formula is C22H32ClN3O3. The Kier molecular flexibility index (Phi) is 8.99. The van der Waals surface area contributed by atoms with Crippen LogP contribution in [0.5, 0.6) is 0 Å². The number of aryl methyl sites for hydroxylation is 2. The summed E-state index contributed by atoms with van der Waals surface area (Å²) in [7, 11) is 0. The van der Waals surface area contributed by atoms with Crippen molar-refractivity contribution in [3.8, 4) is 0 Å². The zero-order chi connectivity index (χ0) is 19.9. The number of benzene rings is 1. The summed E-state index contributed by atoms with van der Waals surface area (Å²) in [6.45, 7) is 5.24. The molecule has 0 bridgehead atoms. The van der Waals surface area contributed by atoms with Crippen molar-refractivity contribution in [1.29, 1.82) is 0 Å². The predicted molar refractivity (Wildman–Crippen MR) is 109 cm³/mol. The molecule has 2 aromatic rings. The number of carbonyl (C=O) groups is 2. The molecule has 0 aliphatic carbocycles. The number of aliphatic carboxylic acids is 1. The largest absolute Gasteiger partial charge is 1.00 e. The van der Waals surface area contributed by atoms with Crippen LogP contribution in [0, 0.1) is 5.92 Å². The molecular weight excluding hydrogens is 390 g/mol. The number of amides is 1. The first-order valence-corrected chi connectivity index (χ1v) is 10.4. The highest BCUT2D eigenvalue weighted by Gasteiger charge is 2.17. The molecule has 29 heavy (non-hydrogen) atoms. The number of fused-ring (bicyclic) bond motifs is 1. The highest BCUT2D eigenvalue weighted by molar-refractivity contribution is 5.85. The highest BCUT2D eigenvalue weighted by Crippen LogP contribution is 2.24. The second-order valence-corrected chi connectivity index (χ2v) is 8.03. The van der Waals surface area contributed by atoms with Crippen LogP contribution in [-0.4, -0.2) is 40.7 Å². The summed E-state index contributed by atoms with van der Waals surface area (Å²) >= 11 is 0. The van der Waals surface area contributed by atoms with Gasteiger partial charge in [-0.25, -0.2) is 0 Å². The summed E-state index contributed by atoms with van der Waals surface area (Å²) in [5, 5.41) is 15.2. The van der Waals surface area contributed by atoms with Gasteiger partial charge in [0.15, 0.2) is 0 Å². The number of carboxylic acid groups (broad SMARTS) is 1. The van der Waals surface area contributed by atoms with Crippen molar-refractivity contribution in [2.24, 2.45) is 5.92 Å². The fraction of sp³-hybridized carbons (Fsp3) is 0.545. The second-order valence-electron chi connectivity index (χ2n) is 8.03. The normalized spacial score (nSPS) is 15.6. The average Bonchev–Trinajstić information content (AvgIpc) is 3.03. The Labute approximate surface area is 178 Å². The van der Waals surface area contributed by atoms with Crippen molar-refractivity contribution in [1.82, 2.24) is 9.88 Å². The van der Waals surface area contributed by atoms with Gasteiger partial charge >= 0.3 is 5.97 Å². The van der Waals surface area contributed by atoms with Gasteiger partial charge in [0.2, 0.25) is 5.91 Å². The summed E-state index contributed by atoms with van der Waals surface area (Å²) in [6.07, 6.45) is 7.01. The van der Waals surface area contributed by atoms with Gasteiger partial charge in [0.05, 0.1) is 19.5 Å². The molecule has 1 aliphatic rings. The minimum atomic E-state index is -0.897. The molecule has 2 heterocycles. The Balaban J connectivity index is 0.00000300. The molecule has 0 spiro atoms. The lowest BCUT2D eigenvalue weighted by Gasteiger charge is -2.20. The Morgan fingerprint density at radius 2 is 2.00 bits per heavy atom. The zero-order valence-corrected chi connectivity index (χ0v) is 17.8. The number of carboxylic acids is 1. The Bertz CT molecular complexity index is 815. The number of nitrogens with two attached hydrogens (primary N) is 1. The molecule has 1 amide bonds. The van der Waals surface area contributed by atoms with E-state index in [1.165, 1.54) is 48.8 Å². The second kappa shape index (κ2) is 11.2. The van der Waals surface area contributed by atoms with Crippen LogP contribution in [0.2, 0.25) is 0 Å².